The largest absolute Gasteiger partial charge is 0.298 e. The Morgan fingerprint density at radius 2 is 1.95 bits per heavy atom. The van der Waals surface area contributed by atoms with Crippen LogP contribution in [0.1, 0.15) is 11.1 Å². The summed E-state index contributed by atoms with van der Waals surface area (Å²) in [6, 6.07) is 17.1. The number of carbonyl (C=O) groups is 2. The van der Waals surface area contributed by atoms with Gasteiger partial charge < -0.3 is 0 Å². The van der Waals surface area contributed by atoms with E-state index in [1.807, 2.05) is 31.2 Å². The van der Waals surface area contributed by atoms with Crippen LogP contribution in [0.4, 0.5) is 11.4 Å². The number of anilines is 1. The zero-order valence-corrected chi connectivity index (χ0v) is 22.1. The fourth-order valence-electron chi connectivity index (χ4n) is 3.62. The smallest absolute Gasteiger partial charge is 0.283 e. The number of fused-ring (bicyclic) bond motifs is 1. The summed E-state index contributed by atoms with van der Waals surface area (Å²) >= 11 is 14.1. The van der Waals surface area contributed by atoms with Gasteiger partial charge in [-0.2, -0.15) is 0 Å². The van der Waals surface area contributed by atoms with Crippen molar-refractivity contribution in [2.75, 3.05) is 4.90 Å². The van der Waals surface area contributed by atoms with Gasteiger partial charge in [-0.3, -0.25) is 29.9 Å². The second kappa shape index (κ2) is 10.0. The van der Waals surface area contributed by atoms with Crippen molar-refractivity contribution in [2.24, 2.45) is 0 Å². The van der Waals surface area contributed by atoms with Crippen molar-refractivity contribution >= 4 is 91.5 Å². The van der Waals surface area contributed by atoms with E-state index in [4.69, 9.17) is 23.8 Å². The third-order valence-electron chi connectivity index (χ3n) is 5.48. The Labute approximate surface area is 229 Å². The van der Waals surface area contributed by atoms with E-state index in [-0.39, 0.29) is 16.4 Å². The molecule has 1 fully saturated rings. The van der Waals surface area contributed by atoms with E-state index in [1.165, 1.54) is 40.1 Å². The van der Waals surface area contributed by atoms with E-state index in [2.05, 4.69) is 10.3 Å². The van der Waals surface area contributed by atoms with Crippen LogP contribution in [0.3, 0.4) is 0 Å². The van der Waals surface area contributed by atoms with E-state index < -0.39 is 16.7 Å². The number of thiazole rings is 1. The summed E-state index contributed by atoms with van der Waals surface area (Å²) in [5, 5.41) is 14.7. The molecule has 0 radical (unpaired) electrons. The Morgan fingerprint density at radius 3 is 2.68 bits per heavy atom. The number of aryl methyl sites for hydroxylation is 1. The van der Waals surface area contributed by atoms with Crippen molar-refractivity contribution < 1.29 is 14.5 Å². The summed E-state index contributed by atoms with van der Waals surface area (Å²) in [6.45, 7) is 1.82. The molecule has 1 aliphatic heterocycles. The zero-order chi connectivity index (χ0) is 26.3. The first kappa shape index (κ1) is 25.0. The van der Waals surface area contributed by atoms with Gasteiger partial charge in [-0.05, 0) is 66.7 Å². The summed E-state index contributed by atoms with van der Waals surface area (Å²) < 4.78 is 1.64. The highest BCUT2D eigenvalue weighted by atomic mass is 35.5. The third-order valence-corrected chi connectivity index (χ3v) is 8.33. The fraction of sp³-hybridized carbons (Fsp3) is 0.0400. The Hall–Kier alpha value is -3.64. The lowest BCUT2D eigenvalue weighted by Gasteiger charge is -2.29. The van der Waals surface area contributed by atoms with Gasteiger partial charge in [0.15, 0.2) is 9.45 Å². The van der Waals surface area contributed by atoms with Crippen LogP contribution in [0, 0.1) is 17.0 Å². The lowest BCUT2D eigenvalue weighted by molar-refractivity contribution is -0.387. The lowest BCUT2D eigenvalue weighted by atomic mass is 10.1. The highest BCUT2D eigenvalue weighted by Crippen LogP contribution is 2.39. The van der Waals surface area contributed by atoms with E-state index in [0.29, 0.717) is 25.5 Å². The van der Waals surface area contributed by atoms with E-state index >= 15 is 0 Å². The number of nitrogens with zero attached hydrogens (tertiary/aromatic N) is 3. The number of hydrogen-bond donors (Lipinski definition) is 1. The Balaban J connectivity index is 1.48. The second-order valence-corrected chi connectivity index (χ2v) is 11.0. The minimum absolute atomic E-state index is 0.0827. The van der Waals surface area contributed by atoms with Gasteiger partial charge in [0, 0.05) is 11.1 Å². The van der Waals surface area contributed by atoms with Gasteiger partial charge in [0.25, 0.3) is 17.5 Å². The first-order chi connectivity index (χ1) is 17.7. The molecule has 0 saturated carbocycles. The number of hydrogen-bond acceptors (Lipinski definition) is 8. The molecule has 0 bridgehead atoms. The highest BCUT2D eigenvalue weighted by molar-refractivity contribution is 8.01. The maximum absolute atomic E-state index is 13.3. The van der Waals surface area contributed by atoms with Gasteiger partial charge in [0.05, 0.1) is 25.7 Å². The molecule has 1 aromatic heterocycles. The minimum Gasteiger partial charge on any atom is -0.298 e. The van der Waals surface area contributed by atoms with Gasteiger partial charge >= 0.3 is 0 Å². The molecule has 8 nitrogen and oxygen atoms in total. The number of thiocarbonyl (C=S) groups is 1. The lowest BCUT2D eigenvalue weighted by Crippen LogP contribution is -2.54. The monoisotopic (exact) mass is 566 g/mol. The predicted octanol–water partition coefficient (Wildman–Crippen LogP) is 6.15. The maximum Gasteiger partial charge on any atom is 0.283 e. The molecule has 1 aliphatic rings. The number of carbonyl (C=O) groups excluding carboxylic acids is 2. The highest BCUT2D eigenvalue weighted by Gasteiger charge is 2.34. The normalized spacial score (nSPS) is 14.9. The van der Waals surface area contributed by atoms with Crippen molar-refractivity contribution in [3.63, 3.8) is 0 Å². The van der Waals surface area contributed by atoms with Gasteiger partial charge in [-0.1, -0.05) is 47.6 Å². The standard InChI is InChI=1S/C25H15ClN4O4S3/c1-13-6-8-15(12-17(13)26)29-23(32)16(22(31)28-24(29)35)10-14-7-9-21(19(11-14)30(33)34)37-25-27-18-4-2-3-5-20(18)36-25/h2-12H,1H3,(H,28,31,35)/b16-10+. The molecule has 0 unspecified atom stereocenters. The Bertz CT molecular complexity index is 1630. The number of benzene rings is 3. The molecule has 0 spiro atoms. The Kier molecular flexibility index (Phi) is 6.78. The molecule has 12 heteroatoms. The van der Waals surface area contributed by atoms with Crippen molar-refractivity contribution in [3.05, 3.63) is 92.5 Å². The van der Waals surface area contributed by atoms with E-state index in [0.717, 1.165) is 15.8 Å². The molecular weight excluding hydrogens is 552 g/mol. The number of nitro groups is 1. The van der Waals surface area contributed by atoms with Gasteiger partial charge in [-0.15, -0.1) is 11.3 Å². The number of nitrogens with one attached hydrogen (secondary N) is 1. The summed E-state index contributed by atoms with van der Waals surface area (Å²) in [4.78, 5) is 43.4. The molecule has 3 aromatic carbocycles. The van der Waals surface area contributed by atoms with Crippen LogP contribution in [-0.2, 0) is 9.59 Å². The van der Waals surface area contributed by atoms with Crippen LogP contribution in [0.25, 0.3) is 16.3 Å². The Morgan fingerprint density at radius 1 is 1.16 bits per heavy atom. The molecule has 5 rings (SSSR count). The van der Waals surface area contributed by atoms with E-state index in [9.17, 15) is 19.7 Å². The summed E-state index contributed by atoms with van der Waals surface area (Å²) in [5.41, 5.74) is 1.96. The van der Waals surface area contributed by atoms with Gasteiger partial charge in [0.1, 0.15) is 5.57 Å². The second-order valence-electron chi connectivity index (χ2n) is 7.93. The molecule has 4 aromatic rings. The van der Waals surface area contributed by atoms with Crippen LogP contribution in [0.5, 0.6) is 0 Å². The van der Waals surface area contributed by atoms with Gasteiger partial charge in [-0.25, -0.2) is 4.98 Å². The van der Waals surface area contributed by atoms with Crippen molar-refractivity contribution in [2.45, 2.75) is 16.2 Å². The maximum atomic E-state index is 13.3. The quantitative estimate of drug-likeness (QED) is 0.101. The van der Waals surface area contributed by atoms with Crippen LogP contribution < -0.4 is 10.2 Å². The molecule has 184 valence electrons. The van der Waals surface area contributed by atoms with Crippen molar-refractivity contribution in [3.8, 4) is 0 Å². The first-order valence-corrected chi connectivity index (χ1v) is 13.1. The molecule has 0 aliphatic carbocycles. The summed E-state index contributed by atoms with van der Waals surface area (Å²) in [6.07, 6.45) is 1.31. The molecule has 0 atom stereocenters. The number of aromatic nitrogens is 1. The number of amides is 2. The summed E-state index contributed by atoms with van der Waals surface area (Å²) in [5.74, 6) is -1.36. The zero-order valence-electron chi connectivity index (χ0n) is 18.9. The first-order valence-electron chi connectivity index (χ1n) is 10.7. The third kappa shape index (κ3) is 4.98. The molecule has 37 heavy (non-hydrogen) atoms. The van der Waals surface area contributed by atoms with Gasteiger partial charge in [0.2, 0.25) is 0 Å². The number of nitro benzene ring substituents is 1. The molecule has 1 N–H and O–H groups in total. The predicted molar refractivity (Wildman–Crippen MR) is 149 cm³/mol. The molecule has 1 saturated heterocycles. The summed E-state index contributed by atoms with van der Waals surface area (Å²) in [7, 11) is 0. The number of para-hydroxylation sites is 1. The molecule has 2 amide bonds. The topological polar surface area (TPSA) is 105 Å². The molecule has 2 heterocycles. The number of halogens is 1. The average Bonchev–Trinajstić information content (AvgIpc) is 3.27. The van der Waals surface area contributed by atoms with Crippen LogP contribution >= 0.6 is 46.9 Å². The van der Waals surface area contributed by atoms with Crippen LogP contribution in [0.15, 0.2) is 75.5 Å². The molecular formula is C25H15ClN4O4S3. The SMILES string of the molecule is Cc1ccc(N2C(=O)/C(=C/c3ccc(Sc4nc5ccccc5s4)c([N+](=O)[O-])c3)C(=O)NC2=S)cc1Cl. The van der Waals surface area contributed by atoms with E-state index in [1.54, 1.807) is 30.3 Å². The average molecular weight is 567 g/mol. The van der Waals surface area contributed by atoms with Crippen molar-refractivity contribution in [1.29, 1.82) is 0 Å². The minimum atomic E-state index is -0.694. The van der Waals surface area contributed by atoms with Crippen LogP contribution in [-0.4, -0.2) is 26.8 Å². The number of rotatable bonds is 5. The van der Waals surface area contributed by atoms with Crippen LogP contribution in [0.2, 0.25) is 5.02 Å². The fourth-order valence-corrected chi connectivity index (χ4v) is 6.19. The van der Waals surface area contributed by atoms with Crippen molar-refractivity contribution in [1.82, 2.24) is 10.3 Å².